The molecule has 7 nitrogen and oxygen atoms in total. The number of rotatable bonds is 7. The van der Waals surface area contributed by atoms with Crippen molar-refractivity contribution < 1.29 is 0 Å². The number of hydrogen-bond acceptors (Lipinski definition) is 6. The van der Waals surface area contributed by atoms with Crippen molar-refractivity contribution >= 4 is 17.3 Å². The van der Waals surface area contributed by atoms with Gasteiger partial charge in [-0.1, -0.05) is 19.1 Å². The fraction of sp³-hybridized carbons (Fsp3) is 0.381. The zero-order valence-corrected chi connectivity index (χ0v) is 16.7. The van der Waals surface area contributed by atoms with Crippen LogP contribution in [0.5, 0.6) is 0 Å². The molecule has 1 aliphatic heterocycles. The quantitative estimate of drug-likeness (QED) is 0.721. The van der Waals surface area contributed by atoms with Crippen molar-refractivity contribution in [3.63, 3.8) is 0 Å². The maximum Gasteiger partial charge on any atom is 0.163 e. The Balaban J connectivity index is 1.81. The Kier molecular flexibility index (Phi) is 5.99. The van der Waals surface area contributed by atoms with Crippen LogP contribution in [0.1, 0.15) is 31.0 Å². The van der Waals surface area contributed by atoms with E-state index in [1.807, 2.05) is 32.4 Å². The number of hydrogen-bond donors (Lipinski definition) is 2. The Morgan fingerprint density at radius 3 is 2.93 bits per heavy atom. The lowest BCUT2D eigenvalue weighted by molar-refractivity contribution is 0.480. The molecule has 1 aliphatic rings. The summed E-state index contributed by atoms with van der Waals surface area (Å²) in [6, 6.07) is 7.99. The van der Waals surface area contributed by atoms with Crippen molar-refractivity contribution in [2.45, 2.75) is 25.8 Å². The minimum atomic E-state index is 0.317. The molecule has 0 aromatic carbocycles. The van der Waals surface area contributed by atoms with Crippen molar-refractivity contribution in [1.29, 1.82) is 5.26 Å². The number of nitrogens with one attached hydrogen (secondary N) is 2. The summed E-state index contributed by atoms with van der Waals surface area (Å²) in [7, 11) is 3.96. The lowest BCUT2D eigenvalue weighted by atomic mass is 10.1. The molecule has 2 aromatic heterocycles. The standard InChI is InChI=1S/C21H27N7/c1-5-15(2)12-19(18-8-10-24-21(18)23-3)28-11-9-17(14-28)27(4)20-7-6-16(13-22)25-26-20/h6-8,10,12,17,23-24H,2,5,9,11,14H2,1,3-4H3/b19-12+. The molecular formula is C21H27N7. The van der Waals surface area contributed by atoms with Gasteiger partial charge in [0.1, 0.15) is 11.9 Å². The molecule has 2 aromatic rings. The summed E-state index contributed by atoms with van der Waals surface area (Å²) in [6.07, 6.45) is 6.08. The summed E-state index contributed by atoms with van der Waals surface area (Å²) in [5.41, 5.74) is 3.77. The van der Waals surface area contributed by atoms with Gasteiger partial charge < -0.3 is 20.1 Å². The van der Waals surface area contributed by atoms with Crippen molar-refractivity contribution in [1.82, 2.24) is 20.1 Å². The van der Waals surface area contributed by atoms with E-state index in [4.69, 9.17) is 5.26 Å². The molecule has 3 heterocycles. The summed E-state index contributed by atoms with van der Waals surface area (Å²) in [5.74, 6) is 1.79. The van der Waals surface area contributed by atoms with E-state index in [2.05, 4.69) is 55.9 Å². The van der Waals surface area contributed by atoms with Crippen LogP contribution in [0, 0.1) is 11.3 Å². The molecule has 28 heavy (non-hydrogen) atoms. The van der Waals surface area contributed by atoms with E-state index in [0.29, 0.717) is 11.7 Å². The number of H-pyrrole nitrogens is 1. The van der Waals surface area contributed by atoms with Crippen LogP contribution >= 0.6 is 0 Å². The average molecular weight is 377 g/mol. The Hall–Kier alpha value is -3.27. The summed E-state index contributed by atoms with van der Waals surface area (Å²) < 4.78 is 0. The van der Waals surface area contributed by atoms with Gasteiger partial charge in [0.15, 0.2) is 11.5 Å². The fourth-order valence-electron chi connectivity index (χ4n) is 3.46. The molecule has 0 bridgehead atoms. The van der Waals surface area contributed by atoms with Crippen LogP contribution in [-0.2, 0) is 0 Å². The molecule has 0 amide bonds. The number of likely N-dealkylation sites (tertiary alicyclic amines) is 1. The molecule has 1 fully saturated rings. The third-order valence-corrected chi connectivity index (χ3v) is 5.25. The summed E-state index contributed by atoms with van der Waals surface area (Å²) in [4.78, 5) is 7.81. The van der Waals surface area contributed by atoms with Crippen molar-refractivity contribution in [3.05, 3.63) is 53.9 Å². The molecule has 0 radical (unpaired) electrons. The van der Waals surface area contributed by atoms with Crippen LogP contribution in [0.15, 0.2) is 42.6 Å². The molecule has 0 saturated carbocycles. The van der Waals surface area contributed by atoms with Gasteiger partial charge in [-0.25, -0.2) is 0 Å². The van der Waals surface area contributed by atoms with E-state index in [-0.39, 0.29) is 0 Å². The lowest BCUT2D eigenvalue weighted by Gasteiger charge is -2.27. The maximum absolute atomic E-state index is 8.91. The van der Waals surface area contributed by atoms with Gasteiger partial charge in [0, 0.05) is 50.7 Å². The molecule has 0 spiro atoms. The second-order valence-electron chi connectivity index (χ2n) is 6.95. The van der Waals surface area contributed by atoms with Crippen LogP contribution in [0.2, 0.25) is 0 Å². The maximum atomic E-state index is 8.91. The van der Waals surface area contributed by atoms with Gasteiger partial charge >= 0.3 is 0 Å². The van der Waals surface area contributed by atoms with E-state index in [1.54, 1.807) is 6.07 Å². The van der Waals surface area contributed by atoms with Gasteiger partial charge in [-0.15, -0.1) is 10.2 Å². The fourth-order valence-corrected chi connectivity index (χ4v) is 3.46. The highest BCUT2D eigenvalue weighted by atomic mass is 15.3. The SMILES string of the molecule is C=C(/C=C(\c1cc[nH]c1NC)N1CCC(N(C)c2ccc(C#N)nn2)C1)CC. The number of nitriles is 1. The number of allylic oxidation sites excluding steroid dienone is 2. The highest BCUT2D eigenvalue weighted by molar-refractivity contribution is 5.75. The van der Waals surface area contributed by atoms with Crippen LogP contribution < -0.4 is 10.2 Å². The first-order valence-corrected chi connectivity index (χ1v) is 9.54. The Morgan fingerprint density at radius 2 is 2.29 bits per heavy atom. The highest BCUT2D eigenvalue weighted by Crippen LogP contribution is 2.31. The first kappa shape index (κ1) is 19.5. The van der Waals surface area contributed by atoms with Gasteiger partial charge in [0.05, 0.1) is 0 Å². The van der Waals surface area contributed by atoms with Gasteiger partial charge in [-0.3, -0.25) is 0 Å². The molecule has 0 aliphatic carbocycles. The first-order valence-electron chi connectivity index (χ1n) is 9.54. The van der Waals surface area contributed by atoms with Gasteiger partial charge in [0.25, 0.3) is 0 Å². The monoisotopic (exact) mass is 377 g/mol. The third-order valence-electron chi connectivity index (χ3n) is 5.25. The van der Waals surface area contributed by atoms with E-state index in [1.165, 1.54) is 5.70 Å². The number of anilines is 2. The van der Waals surface area contributed by atoms with Crippen molar-refractivity contribution in [2.75, 3.05) is 37.4 Å². The summed E-state index contributed by atoms with van der Waals surface area (Å²) >= 11 is 0. The van der Waals surface area contributed by atoms with Crippen LogP contribution in [0.25, 0.3) is 5.70 Å². The number of nitrogens with zero attached hydrogens (tertiary/aromatic N) is 5. The van der Waals surface area contributed by atoms with Crippen molar-refractivity contribution in [2.24, 2.45) is 0 Å². The zero-order valence-electron chi connectivity index (χ0n) is 16.7. The second-order valence-corrected chi connectivity index (χ2v) is 6.95. The normalized spacial score (nSPS) is 16.7. The Labute approximate surface area is 166 Å². The Morgan fingerprint density at radius 1 is 1.46 bits per heavy atom. The molecule has 1 saturated heterocycles. The van der Waals surface area contributed by atoms with Gasteiger partial charge in [-0.05, 0) is 37.1 Å². The van der Waals surface area contributed by atoms with Crippen molar-refractivity contribution in [3.8, 4) is 6.07 Å². The van der Waals surface area contributed by atoms with Gasteiger partial charge in [-0.2, -0.15) is 5.26 Å². The number of aromatic nitrogens is 3. The number of likely N-dealkylation sites (N-methyl/N-ethyl adjacent to an activating group) is 1. The van der Waals surface area contributed by atoms with Crippen LogP contribution in [0.4, 0.5) is 11.6 Å². The van der Waals surface area contributed by atoms with E-state index >= 15 is 0 Å². The molecule has 146 valence electrons. The van der Waals surface area contributed by atoms with Crippen LogP contribution in [0.3, 0.4) is 0 Å². The predicted molar refractivity (Wildman–Crippen MR) is 113 cm³/mol. The summed E-state index contributed by atoms with van der Waals surface area (Å²) in [6.45, 7) is 8.14. The minimum absolute atomic E-state index is 0.317. The largest absolute Gasteiger partial charge is 0.374 e. The Bertz CT molecular complexity index is 888. The molecular weight excluding hydrogens is 350 g/mol. The zero-order chi connectivity index (χ0) is 20.1. The second kappa shape index (κ2) is 8.61. The first-order chi connectivity index (χ1) is 13.6. The predicted octanol–water partition coefficient (Wildman–Crippen LogP) is 3.24. The van der Waals surface area contributed by atoms with E-state index < -0.39 is 0 Å². The topological polar surface area (TPSA) is 83.9 Å². The third kappa shape index (κ3) is 4.01. The molecule has 7 heteroatoms. The lowest BCUT2D eigenvalue weighted by Crippen LogP contribution is -2.35. The minimum Gasteiger partial charge on any atom is -0.374 e. The van der Waals surface area contributed by atoms with E-state index in [0.717, 1.165) is 48.7 Å². The molecule has 3 rings (SSSR count). The highest BCUT2D eigenvalue weighted by Gasteiger charge is 2.29. The number of aromatic amines is 1. The molecule has 2 N–H and O–H groups in total. The molecule has 1 atom stereocenters. The van der Waals surface area contributed by atoms with Gasteiger partial charge in [0.2, 0.25) is 0 Å². The van der Waals surface area contributed by atoms with E-state index in [9.17, 15) is 0 Å². The summed E-state index contributed by atoms with van der Waals surface area (Å²) in [5, 5.41) is 20.3. The smallest absolute Gasteiger partial charge is 0.163 e. The van der Waals surface area contributed by atoms with Crippen LogP contribution in [-0.4, -0.2) is 53.3 Å². The average Bonchev–Trinajstić information content (AvgIpc) is 3.41. The molecule has 1 unspecified atom stereocenters.